The van der Waals surface area contributed by atoms with E-state index in [0.717, 1.165) is 30.5 Å². The average molecular weight is 644 g/mol. The molecule has 3 aromatic carbocycles. The van der Waals surface area contributed by atoms with Gasteiger partial charge in [-0.15, -0.1) is 0 Å². The molecule has 4 unspecified atom stereocenters. The highest BCUT2D eigenvalue weighted by atomic mass is 32.2. The second kappa shape index (κ2) is 15.0. The van der Waals surface area contributed by atoms with Gasteiger partial charge in [-0.1, -0.05) is 44.2 Å². The Labute approximate surface area is 262 Å². The van der Waals surface area contributed by atoms with Crippen LogP contribution >= 0.6 is 0 Å². The van der Waals surface area contributed by atoms with Crippen LogP contribution in [0.3, 0.4) is 0 Å². The maximum absolute atomic E-state index is 14.0. The number of aliphatic hydroxyl groups is 2. The fourth-order valence-corrected chi connectivity index (χ4v) is 7.07. The number of amides is 2. The highest BCUT2D eigenvalue weighted by Crippen LogP contribution is 2.24. The van der Waals surface area contributed by atoms with Crippen LogP contribution in [0, 0.1) is 23.5 Å². The second-order valence-corrected chi connectivity index (χ2v) is 13.6. The molecule has 2 amide bonds. The lowest BCUT2D eigenvalue weighted by molar-refractivity contribution is -0.135. The van der Waals surface area contributed by atoms with Crippen LogP contribution in [0.2, 0.25) is 0 Å². The van der Waals surface area contributed by atoms with Crippen molar-refractivity contribution in [2.75, 3.05) is 13.1 Å². The summed E-state index contributed by atoms with van der Waals surface area (Å²) >= 11 is 0. The van der Waals surface area contributed by atoms with Crippen molar-refractivity contribution < 1.29 is 37.0 Å². The highest BCUT2D eigenvalue weighted by Gasteiger charge is 2.39. The van der Waals surface area contributed by atoms with Gasteiger partial charge in [0, 0.05) is 31.3 Å². The Balaban J connectivity index is 1.55. The summed E-state index contributed by atoms with van der Waals surface area (Å²) in [5.74, 6) is -4.48. The van der Waals surface area contributed by atoms with Crippen LogP contribution in [0.1, 0.15) is 48.2 Å². The van der Waals surface area contributed by atoms with Crippen molar-refractivity contribution in [2.45, 2.75) is 62.8 Å². The summed E-state index contributed by atoms with van der Waals surface area (Å²) in [7, 11) is -3.71. The number of nitrogens with one attached hydrogen (secondary N) is 2. The molecule has 4 atom stereocenters. The largest absolute Gasteiger partial charge is 0.390 e. The number of rotatable bonds is 13. The number of carbonyl (C=O) groups excluding carboxylic acids is 2. The Morgan fingerprint density at radius 2 is 1.47 bits per heavy atom. The molecule has 45 heavy (non-hydrogen) atoms. The molecule has 1 fully saturated rings. The molecule has 12 heteroatoms. The van der Waals surface area contributed by atoms with Crippen LogP contribution in [-0.2, 0) is 27.8 Å². The zero-order valence-corrected chi connectivity index (χ0v) is 26.0. The summed E-state index contributed by atoms with van der Waals surface area (Å²) in [6, 6.07) is 15.9. The number of sulfonamides is 1. The van der Waals surface area contributed by atoms with Gasteiger partial charge in [-0.3, -0.25) is 9.59 Å². The molecule has 0 saturated carbocycles. The Hall–Kier alpha value is -3.71. The summed E-state index contributed by atoms with van der Waals surface area (Å²) in [4.78, 5) is 26.6. The highest BCUT2D eigenvalue weighted by molar-refractivity contribution is 7.89. The predicted molar refractivity (Wildman–Crippen MR) is 164 cm³/mol. The average Bonchev–Trinajstić information content (AvgIpc) is 3.56. The normalized spacial score (nSPS) is 16.6. The van der Waals surface area contributed by atoms with Crippen LogP contribution in [0.4, 0.5) is 8.78 Å². The second-order valence-electron chi connectivity index (χ2n) is 11.7. The van der Waals surface area contributed by atoms with E-state index in [-0.39, 0.29) is 29.0 Å². The molecular weight excluding hydrogens is 604 g/mol. The van der Waals surface area contributed by atoms with Gasteiger partial charge in [0.05, 0.1) is 23.0 Å². The molecule has 1 aliphatic heterocycles. The molecule has 3 aromatic rings. The smallest absolute Gasteiger partial charge is 0.251 e. The van der Waals surface area contributed by atoms with Crippen LogP contribution in [0.25, 0.3) is 0 Å². The lowest BCUT2D eigenvalue weighted by Crippen LogP contribution is -2.54. The molecule has 0 aliphatic carbocycles. The molecule has 0 aromatic heterocycles. The van der Waals surface area contributed by atoms with Gasteiger partial charge in [-0.2, -0.15) is 4.31 Å². The zero-order chi connectivity index (χ0) is 32.7. The van der Waals surface area contributed by atoms with E-state index in [1.807, 2.05) is 30.3 Å². The molecule has 4 rings (SSSR count). The number of aliphatic hydroxyl groups excluding tert-OH is 2. The molecular formula is C33H39F2N3O6S. The summed E-state index contributed by atoms with van der Waals surface area (Å²) in [5.41, 5.74) is 1.00. The fraction of sp³-hybridized carbons (Fsp3) is 0.394. The molecule has 1 heterocycles. The van der Waals surface area contributed by atoms with E-state index in [1.165, 1.54) is 28.6 Å². The maximum Gasteiger partial charge on any atom is 0.251 e. The van der Waals surface area contributed by atoms with Crippen LogP contribution in [-0.4, -0.2) is 66.1 Å². The van der Waals surface area contributed by atoms with E-state index >= 15 is 0 Å². The van der Waals surface area contributed by atoms with Gasteiger partial charge in [-0.05, 0) is 72.7 Å². The van der Waals surface area contributed by atoms with E-state index < -0.39 is 63.6 Å². The molecule has 0 bridgehead atoms. The third kappa shape index (κ3) is 8.72. The minimum atomic E-state index is -3.71. The van der Waals surface area contributed by atoms with E-state index in [0.29, 0.717) is 19.2 Å². The van der Waals surface area contributed by atoms with Crippen LogP contribution < -0.4 is 10.6 Å². The monoisotopic (exact) mass is 643 g/mol. The Morgan fingerprint density at radius 3 is 2.04 bits per heavy atom. The number of carbonyl (C=O) groups is 2. The van der Waals surface area contributed by atoms with E-state index in [2.05, 4.69) is 10.6 Å². The third-order valence-electron chi connectivity index (χ3n) is 7.97. The molecule has 0 radical (unpaired) electrons. The molecule has 9 nitrogen and oxygen atoms in total. The first-order chi connectivity index (χ1) is 21.4. The van der Waals surface area contributed by atoms with Crippen molar-refractivity contribution >= 4 is 21.8 Å². The van der Waals surface area contributed by atoms with Crippen molar-refractivity contribution in [3.8, 4) is 0 Å². The molecule has 242 valence electrons. The van der Waals surface area contributed by atoms with Gasteiger partial charge < -0.3 is 20.8 Å². The van der Waals surface area contributed by atoms with Crippen LogP contribution in [0.15, 0.2) is 77.7 Å². The number of benzene rings is 3. The number of nitrogens with zero attached hydrogens (tertiary/aromatic N) is 1. The molecule has 4 N–H and O–H groups in total. The van der Waals surface area contributed by atoms with Crippen molar-refractivity contribution in [2.24, 2.45) is 11.8 Å². The fourth-order valence-electron chi connectivity index (χ4n) is 5.55. The SMILES string of the molecule is CC(C)C(C(=O)NCc1ccccc1)C(O)C(O)C(Cc1cc(F)cc(F)c1)NC(=O)c1ccc(S(=O)(=O)N2CCCC2)cc1. The van der Waals surface area contributed by atoms with Crippen LogP contribution in [0.5, 0.6) is 0 Å². The van der Waals surface area contributed by atoms with Crippen molar-refractivity contribution in [3.63, 3.8) is 0 Å². The summed E-state index contributed by atoms with van der Waals surface area (Å²) in [6.45, 7) is 4.45. The molecule has 1 aliphatic rings. The van der Waals surface area contributed by atoms with Crippen molar-refractivity contribution in [3.05, 3.63) is 101 Å². The molecule has 1 saturated heterocycles. The first-order valence-electron chi connectivity index (χ1n) is 14.9. The third-order valence-corrected chi connectivity index (χ3v) is 9.89. The Kier molecular flexibility index (Phi) is 11.4. The number of hydrogen-bond donors (Lipinski definition) is 4. The predicted octanol–water partition coefficient (Wildman–Crippen LogP) is 3.40. The van der Waals surface area contributed by atoms with E-state index in [1.54, 1.807) is 13.8 Å². The first-order valence-corrected chi connectivity index (χ1v) is 16.3. The molecule has 0 spiro atoms. The van der Waals surface area contributed by atoms with Crippen molar-refractivity contribution in [1.29, 1.82) is 0 Å². The quantitative estimate of drug-likeness (QED) is 0.226. The van der Waals surface area contributed by atoms with Gasteiger partial charge in [0.15, 0.2) is 0 Å². The Bertz CT molecular complexity index is 1540. The van der Waals surface area contributed by atoms with Gasteiger partial charge in [0.1, 0.15) is 17.7 Å². The van der Waals surface area contributed by atoms with Crippen molar-refractivity contribution in [1.82, 2.24) is 14.9 Å². The summed E-state index contributed by atoms with van der Waals surface area (Å²) < 4.78 is 55.2. The lowest BCUT2D eigenvalue weighted by atomic mass is 9.83. The summed E-state index contributed by atoms with van der Waals surface area (Å²) in [6.07, 6.45) is -2.13. The van der Waals surface area contributed by atoms with E-state index in [9.17, 15) is 37.0 Å². The minimum absolute atomic E-state index is 0.0319. The van der Waals surface area contributed by atoms with Gasteiger partial charge >= 0.3 is 0 Å². The standard InChI is InChI=1S/C33H39F2N3O6S/c1-21(2)29(33(42)36-20-22-8-4-3-5-9-22)31(40)30(39)28(18-23-16-25(34)19-26(35)17-23)37-32(41)24-10-12-27(13-11-24)45(43,44)38-14-6-7-15-38/h3-5,8-13,16-17,19,21,28-31,39-40H,6-7,14-15,18,20H2,1-2H3,(H,36,42)(H,37,41). The van der Waals surface area contributed by atoms with Gasteiger partial charge in [-0.25, -0.2) is 17.2 Å². The minimum Gasteiger partial charge on any atom is -0.390 e. The topological polar surface area (TPSA) is 136 Å². The maximum atomic E-state index is 14.0. The first kappa shape index (κ1) is 34.2. The summed E-state index contributed by atoms with van der Waals surface area (Å²) in [5, 5.41) is 28.1. The zero-order valence-electron chi connectivity index (χ0n) is 25.2. The number of hydrogen-bond acceptors (Lipinski definition) is 6. The van der Waals surface area contributed by atoms with E-state index in [4.69, 9.17) is 0 Å². The Morgan fingerprint density at radius 1 is 0.867 bits per heavy atom. The lowest BCUT2D eigenvalue weighted by Gasteiger charge is -2.33. The number of halogens is 2. The van der Waals surface area contributed by atoms with Gasteiger partial charge in [0.25, 0.3) is 5.91 Å². The van der Waals surface area contributed by atoms with Gasteiger partial charge in [0.2, 0.25) is 15.9 Å².